The van der Waals surface area contributed by atoms with Crippen LogP contribution < -0.4 is 10.1 Å². The Hall–Kier alpha value is -1.31. The molecule has 0 saturated carbocycles. The van der Waals surface area contributed by atoms with Crippen LogP contribution in [0.2, 0.25) is 5.02 Å². The Labute approximate surface area is 135 Å². The summed E-state index contributed by atoms with van der Waals surface area (Å²) in [7, 11) is -2.86. The first kappa shape index (κ1) is 17.1. The molecule has 1 amide bonds. The summed E-state index contributed by atoms with van der Waals surface area (Å²) in [4.78, 5) is 13.7. The van der Waals surface area contributed by atoms with Crippen LogP contribution in [0, 0.1) is 0 Å². The minimum atomic E-state index is -2.86. The first-order chi connectivity index (χ1) is 10.4. The standard InChI is InChI=1S/C14H19ClN2O4S/c15-12-1-3-13(4-2-12)21-11-14(18)16-5-6-17-7-9-22(19,20)10-8-17/h1-4H,5-11H2,(H,16,18). The zero-order valence-corrected chi connectivity index (χ0v) is 13.7. The number of halogens is 1. The fourth-order valence-corrected chi connectivity index (χ4v) is 3.46. The summed E-state index contributed by atoms with van der Waals surface area (Å²) in [5, 5.41) is 3.36. The molecule has 1 aliphatic heterocycles. The number of rotatable bonds is 6. The van der Waals surface area contributed by atoms with Crippen LogP contribution in [-0.4, -0.2) is 63.5 Å². The number of nitrogens with one attached hydrogen (secondary N) is 1. The SMILES string of the molecule is O=C(COc1ccc(Cl)cc1)NCCN1CCS(=O)(=O)CC1. The molecular weight excluding hydrogens is 328 g/mol. The average Bonchev–Trinajstić information content (AvgIpc) is 2.48. The number of benzene rings is 1. The molecule has 1 saturated heterocycles. The second-order valence-corrected chi connectivity index (χ2v) is 7.83. The zero-order valence-electron chi connectivity index (χ0n) is 12.1. The maximum atomic E-state index is 11.7. The van der Waals surface area contributed by atoms with Gasteiger partial charge in [-0.3, -0.25) is 9.69 Å². The molecule has 0 aromatic heterocycles. The fraction of sp³-hybridized carbons (Fsp3) is 0.500. The third-order valence-corrected chi connectivity index (χ3v) is 5.23. The molecule has 122 valence electrons. The Morgan fingerprint density at radius 1 is 1.23 bits per heavy atom. The Kier molecular flexibility index (Phi) is 6.05. The van der Waals surface area contributed by atoms with E-state index in [2.05, 4.69) is 5.32 Å². The van der Waals surface area contributed by atoms with E-state index in [1.54, 1.807) is 24.3 Å². The van der Waals surface area contributed by atoms with Crippen molar-refractivity contribution in [2.24, 2.45) is 0 Å². The average molecular weight is 347 g/mol. The summed E-state index contributed by atoms with van der Waals surface area (Å²) in [6, 6.07) is 6.78. The van der Waals surface area contributed by atoms with Crippen molar-refractivity contribution in [1.29, 1.82) is 0 Å². The van der Waals surface area contributed by atoms with Crippen LogP contribution in [0.1, 0.15) is 0 Å². The Morgan fingerprint density at radius 2 is 1.86 bits per heavy atom. The summed E-state index contributed by atoms with van der Waals surface area (Å²) in [5.74, 6) is 0.765. The summed E-state index contributed by atoms with van der Waals surface area (Å²) >= 11 is 5.76. The van der Waals surface area contributed by atoms with Crippen LogP contribution in [0.15, 0.2) is 24.3 Å². The van der Waals surface area contributed by atoms with Gasteiger partial charge in [-0.05, 0) is 24.3 Å². The minimum absolute atomic E-state index is 0.0595. The third kappa shape index (κ3) is 5.82. The van der Waals surface area contributed by atoms with Crippen molar-refractivity contribution < 1.29 is 17.9 Å². The van der Waals surface area contributed by atoms with Gasteiger partial charge in [-0.25, -0.2) is 8.42 Å². The van der Waals surface area contributed by atoms with E-state index in [-0.39, 0.29) is 24.0 Å². The molecular formula is C14H19ClN2O4S. The predicted octanol–water partition coefficient (Wildman–Crippen LogP) is 0.565. The largest absolute Gasteiger partial charge is 0.484 e. The number of ether oxygens (including phenoxy) is 1. The van der Waals surface area contributed by atoms with Crippen molar-refractivity contribution >= 4 is 27.3 Å². The van der Waals surface area contributed by atoms with E-state index in [9.17, 15) is 13.2 Å². The second-order valence-electron chi connectivity index (χ2n) is 5.09. The normalized spacial score (nSPS) is 17.9. The lowest BCUT2D eigenvalue weighted by molar-refractivity contribution is -0.123. The van der Waals surface area contributed by atoms with Gasteiger partial charge in [-0.1, -0.05) is 11.6 Å². The molecule has 0 atom stereocenters. The quantitative estimate of drug-likeness (QED) is 0.814. The van der Waals surface area contributed by atoms with Gasteiger partial charge in [0, 0.05) is 31.2 Å². The highest BCUT2D eigenvalue weighted by Crippen LogP contribution is 2.15. The summed E-state index contributed by atoms with van der Waals surface area (Å²) in [5.41, 5.74) is 0. The highest BCUT2D eigenvalue weighted by molar-refractivity contribution is 7.91. The lowest BCUT2D eigenvalue weighted by atomic mass is 10.3. The van der Waals surface area contributed by atoms with Gasteiger partial charge in [0.25, 0.3) is 5.91 Å². The summed E-state index contributed by atoms with van der Waals surface area (Å²) < 4.78 is 27.9. The van der Waals surface area contributed by atoms with Crippen LogP contribution in [-0.2, 0) is 14.6 Å². The molecule has 0 aliphatic carbocycles. The van der Waals surface area contributed by atoms with E-state index in [1.807, 2.05) is 4.90 Å². The predicted molar refractivity (Wildman–Crippen MR) is 85.1 cm³/mol. The fourth-order valence-electron chi connectivity index (χ4n) is 2.06. The van der Waals surface area contributed by atoms with Crippen LogP contribution in [0.25, 0.3) is 0 Å². The molecule has 0 unspecified atom stereocenters. The number of hydrogen-bond acceptors (Lipinski definition) is 5. The molecule has 6 nitrogen and oxygen atoms in total. The Morgan fingerprint density at radius 3 is 2.50 bits per heavy atom. The van der Waals surface area contributed by atoms with Crippen molar-refractivity contribution in [3.8, 4) is 5.75 Å². The Bertz CT molecular complexity index is 590. The molecule has 1 aromatic rings. The van der Waals surface area contributed by atoms with Gasteiger partial charge in [0.15, 0.2) is 16.4 Å². The smallest absolute Gasteiger partial charge is 0.257 e. The van der Waals surface area contributed by atoms with E-state index in [0.717, 1.165) is 0 Å². The van der Waals surface area contributed by atoms with Gasteiger partial charge in [0.1, 0.15) is 5.75 Å². The molecule has 22 heavy (non-hydrogen) atoms. The summed E-state index contributed by atoms with van der Waals surface area (Å²) in [6.07, 6.45) is 0. The van der Waals surface area contributed by atoms with Gasteiger partial charge < -0.3 is 10.1 Å². The van der Waals surface area contributed by atoms with Gasteiger partial charge in [-0.2, -0.15) is 0 Å². The topological polar surface area (TPSA) is 75.7 Å². The van der Waals surface area contributed by atoms with E-state index in [0.29, 0.717) is 37.0 Å². The first-order valence-electron chi connectivity index (χ1n) is 7.02. The molecule has 1 aromatic carbocycles. The molecule has 0 spiro atoms. The minimum Gasteiger partial charge on any atom is -0.484 e. The first-order valence-corrected chi connectivity index (χ1v) is 9.22. The highest BCUT2D eigenvalue weighted by atomic mass is 35.5. The van der Waals surface area contributed by atoms with Crippen LogP contribution in [0.4, 0.5) is 0 Å². The number of hydrogen-bond donors (Lipinski definition) is 1. The monoisotopic (exact) mass is 346 g/mol. The number of carbonyl (C=O) groups is 1. The Balaban J connectivity index is 1.61. The summed E-state index contributed by atoms with van der Waals surface area (Å²) in [6.45, 7) is 2.11. The molecule has 1 N–H and O–H groups in total. The zero-order chi connectivity index (χ0) is 16.0. The molecule has 2 rings (SSSR count). The molecule has 0 radical (unpaired) electrons. The molecule has 8 heteroatoms. The van der Waals surface area contributed by atoms with Gasteiger partial charge in [-0.15, -0.1) is 0 Å². The van der Waals surface area contributed by atoms with Crippen molar-refractivity contribution in [1.82, 2.24) is 10.2 Å². The van der Waals surface area contributed by atoms with E-state index in [4.69, 9.17) is 16.3 Å². The second kappa shape index (κ2) is 7.80. The lowest BCUT2D eigenvalue weighted by Crippen LogP contribution is -2.44. The molecule has 0 bridgehead atoms. The molecule has 1 aliphatic rings. The van der Waals surface area contributed by atoms with Crippen molar-refractivity contribution in [3.63, 3.8) is 0 Å². The third-order valence-electron chi connectivity index (χ3n) is 3.37. The maximum Gasteiger partial charge on any atom is 0.257 e. The highest BCUT2D eigenvalue weighted by Gasteiger charge is 2.20. The molecule has 1 heterocycles. The van der Waals surface area contributed by atoms with Gasteiger partial charge in [0.05, 0.1) is 11.5 Å². The number of carbonyl (C=O) groups excluding carboxylic acids is 1. The van der Waals surface area contributed by atoms with Crippen LogP contribution in [0.5, 0.6) is 5.75 Å². The lowest BCUT2D eigenvalue weighted by Gasteiger charge is -2.26. The van der Waals surface area contributed by atoms with E-state index in [1.165, 1.54) is 0 Å². The van der Waals surface area contributed by atoms with Gasteiger partial charge >= 0.3 is 0 Å². The van der Waals surface area contributed by atoms with Crippen LogP contribution in [0.3, 0.4) is 0 Å². The number of nitrogens with zero attached hydrogens (tertiary/aromatic N) is 1. The van der Waals surface area contributed by atoms with E-state index < -0.39 is 9.84 Å². The van der Waals surface area contributed by atoms with Gasteiger partial charge in [0.2, 0.25) is 0 Å². The number of sulfone groups is 1. The number of amides is 1. The molecule has 1 fully saturated rings. The maximum absolute atomic E-state index is 11.7. The van der Waals surface area contributed by atoms with Crippen molar-refractivity contribution in [3.05, 3.63) is 29.3 Å². The van der Waals surface area contributed by atoms with Crippen molar-refractivity contribution in [2.75, 3.05) is 44.3 Å². The van der Waals surface area contributed by atoms with Crippen molar-refractivity contribution in [2.45, 2.75) is 0 Å². The van der Waals surface area contributed by atoms with Crippen LogP contribution >= 0.6 is 11.6 Å². The van der Waals surface area contributed by atoms with E-state index >= 15 is 0 Å².